The standard InChI is InChI=1S/C16H33N5O2/c1-6-17-16(19-10-15(22)20(4)5)18-9-14-12-21(7-8-23-14)11-13(2)3/h13-14H,6-12H2,1-5H3,(H2,17,18,19). The molecule has 1 amide bonds. The maximum atomic E-state index is 11.6. The molecule has 0 aromatic carbocycles. The molecule has 1 unspecified atom stereocenters. The van der Waals surface area contributed by atoms with E-state index in [1.807, 2.05) is 6.92 Å². The Morgan fingerprint density at radius 2 is 2.13 bits per heavy atom. The molecule has 1 heterocycles. The molecule has 7 nitrogen and oxygen atoms in total. The van der Waals surface area contributed by atoms with Gasteiger partial charge in [0.1, 0.15) is 6.54 Å². The molecule has 2 N–H and O–H groups in total. The molecule has 0 aromatic heterocycles. The average molecular weight is 327 g/mol. The highest BCUT2D eigenvalue weighted by atomic mass is 16.5. The van der Waals surface area contributed by atoms with Crippen molar-refractivity contribution in [3.8, 4) is 0 Å². The summed E-state index contributed by atoms with van der Waals surface area (Å²) >= 11 is 0. The third kappa shape index (κ3) is 8.18. The number of rotatable bonds is 7. The lowest BCUT2D eigenvalue weighted by Crippen LogP contribution is -2.50. The van der Waals surface area contributed by atoms with Crippen LogP contribution in [-0.2, 0) is 9.53 Å². The summed E-state index contributed by atoms with van der Waals surface area (Å²) in [5.74, 6) is 1.31. The van der Waals surface area contributed by atoms with E-state index < -0.39 is 0 Å². The van der Waals surface area contributed by atoms with Crippen molar-refractivity contribution in [3.05, 3.63) is 0 Å². The lowest BCUT2D eigenvalue weighted by Gasteiger charge is -2.34. The van der Waals surface area contributed by atoms with Crippen LogP contribution >= 0.6 is 0 Å². The van der Waals surface area contributed by atoms with Gasteiger partial charge in [0.25, 0.3) is 0 Å². The first kappa shape index (κ1) is 19.7. The Morgan fingerprint density at radius 3 is 2.74 bits per heavy atom. The van der Waals surface area contributed by atoms with Gasteiger partial charge in [-0.3, -0.25) is 9.69 Å². The fourth-order valence-corrected chi connectivity index (χ4v) is 2.43. The van der Waals surface area contributed by atoms with E-state index in [0.29, 0.717) is 18.4 Å². The van der Waals surface area contributed by atoms with E-state index in [9.17, 15) is 4.79 Å². The molecule has 23 heavy (non-hydrogen) atoms. The highest BCUT2D eigenvalue weighted by molar-refractivity contribution is 5.84. The molecule has 0 bridgehead atoms. The van der Waals surface area contributed by atoms with Gasteiger partial charge in [-0.15, -0.1) is 0 Å². The van der Waals surface area contributed by atoms with Crippen molar-refractivity contribution in [1.82, 2.24) is 20.4 Å². The molecular weight excluding hydrogens is 294 g/mol. The molecule has 1 fully saturated rings. The number of amides is 1. The van der Waals surface area contributed by atoms with E-state index in [1.54, 1.807) is 19.0 Å². The van der Waals surface area contributed by atoms with Gasteiger partial charge in [0.05, 0.1) is 12.7 Å². The van der Waals surface area contributed by atoms with Crippen LogP contribution in [0.25, 0.3) is 0 Å². The van der Waals surface area contributed by atoms with E-state index >= 15 is 0 Å². The maximum Gasteiger partial charge on any atom is 0.243 e. The number of carbonyl (C=O) groups excluding carboxylic acids is 1. The number of aliphatic imine (C=N–C) groups is 1. The van der Waals surface area contributed by atoms with Crippen molar-refractivity contribution in [2.45, 2.75) is 26.9 Å². The zero-order valence-corrected chi connectivity index (χ0v) is 15.3. The summed E-state index contributed by atoms with van der Waals surface area (Å²) in [5, 5.41) is 6.43. The van der Waals surface area contributed by atoms with Gasteiger partial charge in [-0.25, -0.2) is 4.99 Å². The van der Waals surface area contributed by atoms with Crippen LogP contribution in [0.4, 0.5) is 0 Å². The molecule has 0 aliphatic carbocycles. The van der Waals surface area contributed by atoms with E-state index in [0.717, 1.165) is 32.8 Å². The lowest BCUT2D eigenvalue weighted by molar-refractivity contribution is -0.127. The fourth-order valence-electron chi connectivity index (χ4n) is 2.43. The maximum absolute atomic E-state index is 11.6. The van der Waals surface area contributed by atoms with Gasteiger partial charge in [0.15, 0.2) is 5.96 Å². The molecule has 1 saturated heterocycles. The Balaban J connectivity index is 2.44. The third-order valence-electron chi connectivity index (χ3n) is 3.56. The predicted octanol–water partition coefficient (Wildman–Crippen LogP) is -0.0135. The second-order valence-electron chi connectivity index (χ2n) is 6.51. The Labute approximate surface area is 140 Å². The first-order valence-corrected chi connectivity index (χ1v) is 8.48. The van der Waals surface area contributed by atoms with E-state index in [-0.39, 0.29) is 18.6 Å². The second kappa shape index (κ2) is 10.4. The van der Waals surface area contributed by atoms with Crippen molar-refractivity contribution in [2.75, 3.05) is 60.0 Å². The molecule has 0 aromatic rings. The number of nitrogens with zero attached hydrogens (tertiary/aromatic N) is 3. The van der Waals surface area contributed by atoms with Gasteiger partial charge >= 0.3 is 0 Å². The summed E-state index contributed by atoms with van der Waals surface area (Å²) < 4.78 is 5.82. The van der Waals surface area contributed by atoms with Crippen LogP contribution in [-0.4, -0.2) is 87.7 Å². The summed E-state index contributed by atoms with van der Waals surface area (Å²) in [6, 6.07) is 0. The van der Waals surface area contributed by atoms with E-state index in [1.165, 1.54) is 0 Å². The first-order valence-electron chi connectivity index (χ1n) is 8.48. The van der Waals surface area contributed by atoms with Crippen LogP contribution in [0.15, 0.2) is 4.99 Å². The monoisotopic (exact) mass is 327 g/mol. The van der Waals surface area contributed by atoms with Gasteiger partial charge in [0, 0.05) is 46.8 Å². The number of carbonyl (C=O) groups is 1. The minimum absolute atomic E-state index is 0.0146. The topological polar surface area (TPSA) is 69.2 Å². The smallest absolute Gasteiger partial charge is 0.243 e. The van der Waals surface area contributed by atoms with Crippen molar-refractivity contribution in [3.63, 3.8) is 0 Å². The van der Waals surface area contributed by atoms with Crippen molar-refractivity contribution in [1.29, 1.82) is 0 Å². The molecule has 1 rings (SSSR count). The van der Waals surface area contributed by atoms with Gasteiger partial charge in [0.2, 0.25) is 5.91 Å². The Kier molecular flexibility index (Phi) is 8.94. The van der Waals surface area contributed by atoms with Crippen LogP contribution < -0.4 is 10.6 Å². The second-order valence-corrected chi connectivity index (χ2v) is 6.51. The summed E-state index contributed by atoms with van der Waals surface area (Å²) in [7, 11) is 3.47. The average Bonchev–Trinajstić information content (AvgIpc) is 2.49. The zero-order chi connectivity index (χ0) is 17.2. The van der Waals surface area contributed by atoms with Gasteiger partial charge in [-0.05, 0) is 12.8 Å². The molecule has 1 aliphatic rings. The summed E-state index contributed by atoms with van der Waals surface area (Å²) in [5.41, 5.74) is 0. The number of hydrogen-bond donors (Lipinski definition) is 2. The molecule has 0 spiro atoms. The largest absolute Gasteiger partial charge is 0.374 e. The summed E-state index contributed by atoms with van der Waals surface area (Å²) in [6.45, 7) is 11.9. The zero-order valence-electron chi connectivity index (χ0n) is 15.3. The summed E-state index contributed by atoms with van der Waals surface area (Å²) in [6.07, 6.45) is 0.149. The fraction of sp³-hybridized carbons (Fsp3) is 0.875. The molecule has 1 aliphatic heterocycles. The predicted molar refractivity (Wildman–Crippen MR) is 93.7 cm³/mol. The van der Waals surface area contributed by atoms with Crippen LogP contribution in [0.3, 0.4) is 0 Å². The number of ether oxygens (including phenoxy) is 1. The van der Waals surface area contributed by atoms with Crippen molar-refractivity contribution >= 4 is 11.9 Å². The van der Waals surface area contributed by atoms with E-state index in [4.69, 9.17) is 4.74 Å². The Morgan fingerprint density at radius 1 is 1.39 bits per heavy atom. The van der Waals surface area contributed by atoms with Crippen LogP contribution in [0.5, 0.6) is 0 Å². The molecule has 134 valence electrons. The first-order chi connectivity index (χ1) is 10.9. The number of nitrogens with one attached hydrogen (secondary N) is 2. The van der Waals surface area contributed by atoms with E-state index in [2.05, 4.69) is 34.4 Å². The number of guanidine groups is 1. The summed E-state index contributed by atoms with van der Waals surface area (Å²) in [4.78, 5) is 19.9. The minimum atomic E-state index is -0.0146. The Bertz CT molecular complexity index is 385. The lowest BCUT2D eigenvalue weighted by atomic mass is 10.2. The molecular formula is C16H33N5O2. The normalized spacial score (nSPS) is 19.7. The van der Waals surface area contributed by atoms with Crippen LogP contribution in [0.2, 0.25) is 0 Å². The van der Waals surface area contributed by atoms with Gasteiger partial charge < -0.3 is 20.3 Å². The quantitative estimate of drug-likeness (QED) is 0.508. The molecule has 0 radical (unpaired) electrons. The van der Waals surface area contributed by atoms with Crippen molar-refractivity contribution in [2.24, 2.45) is 10.9 Å². The molecule has 1 atom stereocenters. The Hall–Kier alpha value is -1.34. The highest BCUT2D eigenvalue weighted by Crippen LogP contribution is 2.07. The number of hydrogen-bond acceptors (Lipinski definition) is 4. The van der Waals surface area contributed by atoms with Crippen LogP contribution in [0, 0.1) is 5.92 Å². The third-order valence-corrected chi connectivity index (χ3v) is 3.56. The minimum Gasteiger partial charge on any atom is -0.374 e. The molecule has 7 heteroatoms. The molecule has 0 saturated carbocycles. The SMILES string of the molecule is CCNC(=NCC(=O)N(C)C)NCC1CN(CC(C)C)CCO1. The highest BCUT2D eigenvalue weighted by Gasteiger charge is 2.21. The van der Waals surface area contributed by atoms with Gasteiger partial charge in [-0.1, -0.05) is 13.8 Å². The van der Waals surface area contributed by atoms with Crippen molar-refractivity contribution < 1.29 is 9.53 Å². The number of likely N-dealkylation sites (N-methyl/N-ethyl adjacent to an activating group) is 1. The van der Waals surface area contributed by atoms with Crippen LogP contribution in [0.1, 0.15) is 20.8 Å². The van der Waals surface area contributed by atoms with Gasteiger partial charge in [-0.2, -0.15) is 0 Å². The number of morpholine rings is 1.